The van der Waals surface area contributed by atoms with Crippen LogP contribution >= 0.6 is 0 Å². The van der Waals surface area contributed by atoms with Gasteiger partial charge in [-0.05, 0) is 42.4 Å². The molecule has 8 nitrogen and oxygen atoms in total. The third-order valence-electron chi connectivity index (χ3n) is 4.85. The summed E-state index contributed by atoms with van der Waals surface area (Å²) >= 11 is 0. The Morgan fingerprint density at radius 3 is 2.18 bits per heavy atom. The van der Waals surface area contributed by atoms with Crippen LogP contribution in [0.5, 0.6) is 0 Å². The Balaban J connectivity index is 2.91. The summed E-state index contributed by atoms with van der Waals surface area (Å²) in [6.07, 6.45) is 3.02. The first-order valence-electron chi connectivity index (χ1n) is 11.1. The van der Waals surface area contributed by atoms with Crippen molar-refractivity contribution in [2.24, 2.45) is 11.3 Å². The summed E-state index contributed by atoms with van der Waals surface area (Å²) in [6, 6.07) is 5.37. The van der Waals surface area contributed by atoms with E-state index in [0.717, 1.165) is 24.3 Å². The number of ether oxygens (including phenoxy) is 2. The van der Waals surface area contributed by atoms with E-state index in [-0.39, 0.29) is 18.6 Å². The number of hydrogen-bond acceptors (Lipinski definition) is 8. The number of anilines is 3. The number of rotatable bonds is 14. The van der Waals surface area contributed by atoms with Crippen LogP contribution in [0.2, 0.25) is 0 Å². The van der Waals surface area contributed by atoms with E-state index in [1.807, 2.05) is 17.0 Å². The molecule has 0 amide bonds. The second kappa shape index (κ2) is 13.5. The van der Waals surface area contributed by atoms with Crippen LogP contribution in [0.15, 0.2) is 43.5 Å². The maximum Gasteiger partial charge on any atom is 0.330 e. The number of carbonyl (C=O) groups is 2. The number of esters is 2. The molecule has 1 aromatic carbocycles. The zero-order valence-electron chi connectivity index (χ0n) is 20.3. The number of nitrogens with one attached hydrogen (secondary N) is 1. The van der Waals surface area contributed by atoms with E-state index in [4.69, 9.17) is 15.2 Å². The van der Waals surface area contributed by atoms with Crippen molar-refractivity contribution in [3.05, 3.63) is 43.5 Å². The molecule has 0 spiro atoms. The molecular weight excluding hydrogens is 422 g/mol. The van der Waals surface area contributed by atoms with Crippen LogP contribution in [0.25, 0.3) is 0 Å². The van der Waals surface area contributed by atoms with Crippen molar-refractivity contribution in [2.45, 2.75) is 46.8 Å². The number of aliphatic hydroxyl groups excluding tert-OH is 1. The van der Waals surface area contributed by atoms with Gasteiger partial charge in [-0.25, -0.2) is 9.59 Å². The molecule has 33 heavy (non-hydrogen) atoms. The van der Waals surface area contributed by atoms with Gasteiger partial charge in [0.1, 0.15) is 19.4 Å². The van der Waals surface area contributed by atoms with E-state index in [1.165, 1.54) is 0 Å². The molecule has 2 atom stereocenters. The number of benzene rings is 1. The Kier molecular flexibility index (Phi) is 11.5. The van der Waals surface area contributed by atoms with Gasteiger partial charge in [0.05, 0.1) is 24.5 Å². The van der Waals surface area contributed by atoms with Crippen molar-refractivity contribution in [1.29, 1.82) is 0 Å². The molecule has 0 aliphatic rings. The van der Waals surface area contributed by atoms with Crippen LogP contribution < -0.4 is 16.0 Å². The minimum atomic E-state index is -0.754. The van der Waals surface area contributed by atoms with Gasteiger partial charge in [-0.15, -0.1) is 0 Å². The third kappa shape index (κ3) is 11.4. The fourth-order valence-corrected chi connectivity index (χ4v) is 3.61. The van der Waals surface area contributed by atoms with Gasteiger partial charge in [-0.2, -0.15) is 0 Å². The Bertz CT molecular complexity index is 778. The van der Waals surface area contributed by atoms with Gasteiger partial charge in [0, 0.05) is 17.8 Å². The first kappa shape index (κ1) is 28.0. The third-order valence-corrected chi connectivity index (χ3v) is 4.85. The van der Waals surface area contributed by atoms with Crippen molar-refractivity contribution in [1.82, 2.24) is 0 Å². The average molecular weight is 462 g/mol. The number of hydrogen-bond donors (Lipinski definition) is 3. The molecule has 0 aliphatic carbocycles. The molecule has 0 saturated heterocycles. The summed E-state index contributed by atoms with van der Waals surface area (Å²) in [5, 5.41) is 13.7. The highest BCUT2D eigenvalue weighted by atomic mass is 16.5. The van der Waals surface area contributed by atoms with Crippen LogP contribution in [0.4, 0.5) is 17.1 Å². The Labute approximate surface area is 197 Å². The summed E-state index contributed by atoms with van der Waals surface area (Å²) in [7, 11) is 0. The molecule has 0 heterocycles. The molecule has 1 aromatic rings. The summed E-state index contributed by atoms with van der Waals surface area (Å²) in [5.41, 5.74) is 8.18. The molecule has 1 rings (SSSR count). The smallest absolute Gasteiger partial charge is 0.330 e. The van der Waals surface area contributed by atoms with E-state index in [9.17, 15) is 14.7 Å². The zero-order chi connectivity index (χ0) is 25.0. The molecular formula is C25H39N3O5. The lowest BCUT2D eigenvalue weighted by molar-refractivity contribution is -0.137. The summed E-state index contributed by atoms with van der Waals surface area (Å²) in [4.78, 5) is 24.6. The number of carbonyl (C=O) groups excluding carboxylic acids is 2. The van der Waals surface area contributed by atoms with Crippen LogP contribution in [0, 0.1) is 11.3 Å². The molecule has 8 heteroatoms. The first-order valence-corrected chi connectivity index (χ1v) is 11.1. The Morgan fingerprint density at radius 2 is 1.70 bits per heavy atom. The molecule has 0 aromatic heterocycles. The van der Waals surface area contributed by atoms with Crippen molar-refractivity contribution < 1.29 is 24.2 Å². The number of nitrogens with two attached hydrogens (primary N) is 1. The first-order chi connectivity index (χ1) is 15.4. The summed E-state index contributed by atoms with van der Waals surface area (Å²) in [6.45, 7) is 16.4. The quantitative estimate of drug-likeness (QED) is 0.166. The normalized spacial score (nSPS) is 12.9. The standard InChI is InChI=1S/C25H39N3O5/c1-7-23(30)32-13-11-28(12-14-33-24(31)8-2)19-9-10-20(26)21(16-19)27-22(29)15-18(3)17-25(4,5)6/h7-10,16,18,22,27,29H,1-2,11-15,17,26H2,3-6H3. The molecule has 0 saturated carbocycles. The highest BCUT2D eigenvalue weighted by Gasteiger charge is 2.19. The molecule has 0 bridgehead atoms. The van der Waals surface area contributed by atoms with E-state index in [2.05, 4.69) is 46.2 Å². The van der Waals surface area contributed by atoms with E-state index in [1.54, 1.807) is 6.07 Å². The van der Waals surface area contributed by atoms with Crippen LogP contribution in [-0.4, -0.2) is 49.6 Å². The summed E-state index contributed by atoms with van der Waals surface area (Å²) < 4.78 is 10.2. The van der Waals surface area contributed by atoms with E-state index >= 15 is 0 Å². The van der Waals surface area contributed by atoms with E-state index < -0.39 is 18.2 Å². The van der Waals surface area contributed by atoms with Crippen molar-refractivity contribution in [3.8, 4) is 0 Å². The van der Waals surface area contributed by atoms with Gasteiger partial charge in [0.15, 0.2) is 0 Å². The Morgan fingerprint density at radius 1 is 1.15 bits per heavy atom. The maximum atomic E-state index is 11.4. The zero-order valence-corrected chi connectivity index (χ0v) is 20.3. The second-order valence-corrected chi connectivity index (χ2v) is 9.27. The molecule has 0 aliphatic heterocycles. The van der Waals surface area contributed by atoms with Crippen LogP contribution in [0.3, 0.4) is 0 Å². The molecule has 184 valence electrons. The monoisotopic (exact) mass is 461 g/mol. The van der Waals surface area contributed by atoms with Crippen molar-refractivity contribution >= 4 is 29.0 Å². The topological polar surface area (TPSA) is 114 Å². The van der Waals surface area contributed by atoms with Crippen LogP contribution in [0.1, 0.15) is 40.5 Å². The van der Waals surface area contributed by atoms with Gasteiger partial charge < -0.3 is 30.5 Å². The lowest BCUT2D eigenvalue weighted by atomic mass is 9.84. The van der Waals surface area contributed by atoms with E-state index in [0.29, 0.717) is 36.8 Å². The van der Waals surface area contributed by atoms with Gasteiger partial charge >= 0.3 is 11.9 Å². The SMILES string of the molecule is C=CC(=O)OCCN(CCOC(=O)C=C)c1ccc(N)c(NC(O)CC(C)CC(C)(C)C)c1. The number of nitrogen functional groups attached to an aromatic ring is 1. The Hall–Kier alpha value is -3.00. The van der Waals surface area contributed by atoms with Crippen LogP contribution in [-0.2, 0) is 19.1 Å². The number of nitrogens with zero attached hydrogens (tertiary/aromatic N) is 1. The van der Waals surface area contributed by atoms with Gasteiger partial charge in [-0.3, -0.25) is 0 Å². The number of aliphatic hydroxyl groups is 1. The van der Waals surface area contributed by atoms with Crippen molar-refractivity contribution in [2.75, 3.05) is 42.3 Å². The minimum absolute atomic E-state index is 0.125. The fourth-order valence-electron chi connectivity index (χ4n) is 3.61. The molecule has 0 fully saturated rings. The molecule has 4 N–H and O–H groups in total. The lowest BCUT2D eigenvalue weighted by Gasteiger charge is -2.27. The largest absolute Gasteiger partial charge is 0.461 e. The minimum Gasteiger partial charge on any atom is -0.461 e. The maximum absolute atomic E-state index is 11.4. The predicted molar refractivity (Wildman–Crippen MR) is 133 cm³/mol. The van der Waals surface area contributed by atoms with Crippen molar-refractivity contribution in [3.63, 3.8) is 0 Å². The molecule has 2 unspecified atom stereocenters. The lowest BCUT2D eigenvalue weighted by Crippen LogP contribution is -2.32. The highest BCUT2D eigenvalue weighted by molar-refractivity contribution is 5.81. The fraction of sp³-hybridized carbons (Fsp3) is 0.520. The highest BCUT2D eigenvalue weighted by Crippen LogP contribution is 2.29. The average Bonchev–Trinajstić information content (AvgIpc) is 2.72. The predicted octanol–water partition coefficient (Wildman–Crippen LogP) is 3.73. The second-order valence-electron chi connectivity index (χ2n) is 9.27. The van der Waals surface area contributed by atoms with Gasteiger partial charge in [-0.1, -0.05) is 40.9 Å². The molecule has 0 radical (unpaired) electrons. The van der Waals surface area contributed by atoms with Gasteiger partial charge in [0.2, 0.25) is 0 Å². The van der Waals surface area contributed by atoms with Gasteiger partial charge in [0.25, 0.3) is 0 Å². The summed E-state index contributed by atoms with van der Waals surface area (Å²) in [5.74, 6) is -0.701.